The summed E-state index contributed by atoms with van der Waals surface area (Å²) in [6.45, 7) is 3.27. The Hall–Kier alpha value is -1.44. The number of hydrogen-bond acceptors (Lipinski definition) is 1. The van der Waals surface area contributed by atoms with Crippen LogP contribution in [0.4, 0.5) is 0 Å². The van der Waals surface area contributed by atoms with Crippen molar-refractivity contribution in [3.63, 3.8) is 0 Å². The van der Waals surface area contributed by atoms with E-state index in [2.05, 4.69) is 35.9 Å². The summed E-state index contributed by atoms with van der Waals surface area (Å²) in [5.41, 5.74) is 1.28. The van der Waals surface area contributed by atoms with Gasteiger partial charge in [-0.1, -0.05) is 6.92 Å². The summed E-state index contributed by atoms with van der Waals surface area (Å²) in [4.78, 5) is 0. The molecular formula is C12H15NO. The second-order valence-corrected chi connectivity index (χ2v) is 3.43. The molecule has 0 N–H and O–H groups in total. The van der Waals surface area contributed by atoms with E-state index >= 15 is 0 Å². The molecule has 1 aromatic carbocycles. The molecule has 0 atom stereocenters. The third-order valence-electron chi connectivity index (χ3n) is 2.44. The predicted molar refractivity (Wildman–Crippen MR) is 58.8 cm³/mol. The lowest BCUT2D eigenvalue weighted by Crippen LogP contribution is -1.93. The molecule has 0 amide bonds. The van der Waals surface area contributed by atoms with Gasteiger partial charge in [0.25, 0.3) is 0 Å². The Morgan fingerprint density at radius 2 is 2.14 bits per heavy atom. The van der Waals surface area contributed by atoms with Crippen LogP contribution in [0.15, 0.2) is 30.5 Å². The molecule has 14 heavy (non-hydrogen) atoms. The molecule has 0 radical (unpaired) electrons. The molecule has 2 rings (SSSR count). The van der Waals surface area contributed by atoms with Crippen molar-refractivity contribution in [3.8, 4) is 5.75 Å². The van der Waals surface area contributed by atoms with Gasteiger partial charge in [0.05, 0.1) is 7.11 Å². The standard InChI is InChI=1S/C12H15NO/c1-3-7-13-8-6-10-9-11(14-2)4-5-12(10)13/h4-6,8-9H,3,7H2,1-2H3. The second kappa shape index (κ2) is 3.74. The van der Waals surface area contributed by atoms with E-state index in [1.54, 1.807) is 7.11 Å². The number of methoxy groups -OCH3 is 1. The first-order valence-corrected chi connectivity index (χ1v) is 4.98. The van der Waals surface area contributed by atoms with Crippen molar-refractivity contribution in [3.05, 3.63) is 30.5 Å². The maximum atomic E-state index is 5.18. The number of fused-ring (bicyclic) bond motifs is 1. The SMILES string of the molecule is CCCn1ccc2cc(OC)ccc21. The molecule has 1 aromatic heterocycles. The largest absolute Gasteiger partial charge is 0.497 e. The fraction of sp³-hybridized carbons (Fsp3) is 0.333. The molecule has 0 aliphatic rings. The monoisotopic (exact) mass is 189 g/mol. The van der Waals surface area contributed by atoms with Gasteiger partial charge < -0.3 is 9.30 Å². The number of benzene rings is 1. The van der Waals surface area contributed by atoms with Crippen molar-refractivity contribution in [1.82, 2.24) is 4.57 Å². The molecule has 2 aromatic rings. The summed E-state index contributed by atoms with van der Waals surface area (Å²) in [5, 5.41) is 1.25. The van der Waals surface area contributed by atoms with E-state index in [-0.39, 0.29) is 0 Å². The molecule has 0 aliphatic carbocycles. The Morgan fingerprint density at radius 1 is 1.29 bits per heavy atom. The molecule has 2 heteroatoms. The Morgan fingerprint density at radius 3 is 2.86 bits per heavy atom. The van der Waals surface area contributed by atoms with Gasteiger partial charge in [-0.15, -0.1) is 0 Å². The lowest BCUT2D eigenvalue weighted by atomic mass is 10.2. The number of rotatable bonds is 3. The zero-order valence-electron chi connectivity index (χ0n) is 8.66. The molecule has 2 nitrogen and oxygen atoms in total. The minimum atomic E-state index is 0.923. The van der Waals surface area contributed by atoms with Crippen molar-refractivity contribution in [1.29, 1.82) is 0 Å². The van der Waals surface area contributed by atoms with Crippen LogP contribution in [0.5, 0.6) is 5.75 Å². The highest BCUT2D eigenvalue weighted by atomic mass is 16.5. The number of nitrogens with zero attached hydrogens (tertiary/aromatic N) is 1. The van der Waals surface area contributed by atoms with E-state index in [4.69, 9.17) is 4.74 Å². The van der Waals surface area contributed by atoms with Crippen LogP contribution in [0.1, 0.15) is 13.3 Å². The van der Waals surface area contributed by atoms with Gasteiger partial charge in [-0.25, -0.2) is 0 Å². The number of hydrogen-bond donors (Lipinski definition) is 0. The number of ether oxygens (including phenoxy) is 1. The summed E-state index contributed by atoms with van der Waals surface area (Å²) in [5.74, 6) is 0.923. The van der Waals surface area contributed by atoms with Gasteiger partial charge in [-0.3, -0.25) is 0 Å². The van der Waals surface area contributed by atoms with E-state index < -0.39 is 0 Å². The van der Waals surface area contributed by atoms with E-state index in [1.165, 1.54) is 10.9 Å². The van der Waals surface area contributed by atoms with E-state index in [1.807, 2.05) is 6.07 Å². The topological polar surface area (TPSA) is 14.2 Å². The van der Waals surface area contributed by atoms with Crippen molar-refractivity contribution in [2.45, 2.75) is 19.9 Å². The maximum Gasteiger partial charge on any atom is 0.119 e. The van der Waals surface area contributed by atoms with Gasteiger partial charge in [0.1, 0.15) is 5.75 Å². The first-order valence-electron chi connectivity index (χ1n) is 4.98. The maximum absolute atomic E-state index is 5.18. The van der Waals surface area contributed by atoms with Crippen LogP contribution in [0, 0.1) is 0 Å². The molecule has 1 heterocycles. The summed E-state index contributed by atoms with van der Waals surface area (Å²) in [6, 6.07) is 8.33. The van der Waals surface area contributed by atoms with Crippen LogP contribution in [0.3, 0.4) is 0 Å². The van der Waals surface area contributed by atoms with Crippen LogP contribution in [0.2, 0.25) is 0 Å². The molecule has 74 valence electrons. The predicted octanol–water partition coefficient (Wildman–Crippen LogP) is 3.06. The minimum Gasteiger partial charge on any atom is -0.497 e. The van der Waals surface area contributed by atoms with Crippen molar-refractivity contribution in [2.75, 3.05) is 7.11 Å². The fourth-order valence-electron chi connectivity index (χ4n) is 1.74. The quantitative estimate of drug-likeness (QED) is 0.723. The Kier molecular flexibility index (Phi) is 2.44. The van der Waals surface area contributed by atoms with Gasteiger partial charge >= 0.3 is 0 Å². The minimum absolute atomic E-state index is 0.923. The first-order chi connectivity index (χ1) is 6.85. The number of aromatic nitrogens is 1. The van der Waals surface area contributed by atoms with Gasteiger partial charge in [0.15, 0.2) is 0 Å². The molecule has 0 aliphatic heterocycles. The Bertz CT molecular complexity index is 431. The molecule has 0 bridgehead atoms. The average molecular weight is 189 g/mol. The van der Waals surface area contributed by atoms with E-state index in [0.29, 0.717) is 0 Å². The Balaban J connectivity index is 2.48. The summed E-state index contributed by atoms with van der Waals surface area (Å²) in [7, 11) is 1.70. The summed E-state index contributed by atoms with van der Waals surface area (Å²) < 4.78 is 7.45. The molecule has 0 saturated heterocycles. The average Bonchev–Trinajstić information content (AvgIpc) is 2.61. The van der Waals surface area contributed by atoms with Crippen molar-refractivity contribution in [2.24, 2.45) is 0 Å². The third-order valence-corrected chi connectivity index (χ3v) is 2.44. The highest BCUT2D eigenvalue weighted by molar-refractivity contribution is 5.81. The van der Waals surface area contributed by atoms with Gasteiger partial charge in [0, 0.05) is 23.6 Å². The molecule has 0 saturated carbocycles. The first kappa shape index (κ1) is 9.13. The third kappa shape index (κ3) is 1.48. The highest BCUT2D eigenvalue weighted by Gasteiger charge is 2.00. The summed E-state index contributed by atoms with van der Waals surface area (Å²) in [6.07, 6.45) is 3.30. The van der Waals surface area contributed by atoms with Crippen LogP contribution in [0.25, 0.3) is 10.9 Å². The smallest absolute Gasteiger partial charge is 0.119 e. The van der Waals surface area contributed by atoms with Crippen LogP contribution >= 0.6 is 0 Å². The zero-order chi connectivity index (χ0) is 9.97. The van der Waals surface area contributed by atoms with Gasteiger partial charge in [-0.05, 0) is 30.7 Å². The lowest BCUT2D eigenvalue weighted by molar-refractivity contribution is 0.415. The fourth-order valence-corrected chi connectivity index (χ4v) is 1.74. The van der Waals surface area contributed by atoms with Crippen LogP contribution < -0.4 is 4.74 Å². The zero-order valence-corrected chi connectivity index (χ0v) is 8.66. The van der Waals surface area contributed by atoms with Crippen molar-refractivity contribution < 1.29 is 4.74 Å². The number of aryl methyl sites for hydroxylation is 1. The molecule has 0 fully saturated rings. The second-order valence-electron chi connectivity index (χ2n) is 3.43. The highest BCUT2D eigenvalue weighted by Crippen LogP contribution is 2.21. The molecule has 0 spiro atoms. The summed E-state index contributed by atoms with van der Waals surface area (Å²) >= 11 is 0. The van der Waals surface area contributed by atoms with E-state index in [0.717, 1.165) is 18.7 Å². The van der Waals surface area contributed by atoms with Gasteiger partial charge in [-0.2, -0.15) is 0 Å². The normalized spacial score (nSPS) is 10.7. The Labute approximate surface area is 84.1 Å². The van der Waals surface area contributed by atoms with Crippen LogP contribution in [-0.4, -0.2) is 11.7 Å². The van der Waals surface area contributed by atoms with Gasteiger partial charge in [0.2, 0.25) is 0 Å². The lowest BCUT2D eigenvalue weighted by Gasteiger charge is -2.03. The van der Waals surface area contributed by atoms with Crippen LogP contribution in [-0.2, 0) is 6.54 Å². The van der Waals surface area contributed by atoms with Crippen molar-refractivity contribution >= 4 is 10.9 Å². The molecular weight excluding hydrogens is 174 g/mol. The molecule has 0 unspecified atom stereocenters. The van der Waals surface area contributed by atoms with E-state index in [9.17, 15) is 0 Å².